The summed E-state index contributed by atoms with van der Waals surface area (Å²) in [6.07, 6.45) is 0.621. The van der Waals surface area contributed by atoms with Gasteiger partial charge in [0.1, 0.15) is 12.4 Å². The predicted molar refractivity (Wildman–Crippen MR) is 103 cm³/mol. The van der Waals surface area contributed by atoms with Crippen LogP contribution in [0.3, 0.4) is 0 Å². The molecular formula is C19H29N5O2. The summed E-state index contributed by atoms with van der Waals surface area (Å²) in [6, 6.07) is 8.03. The molecule has 7 nitrogen and oxygen atoms in total. The van der Waals surface area contributed by atoms with Gasteiger partial charge in [-0.3, -0.25) is 4.99 Å². The third-order valence-electron chi connectivity index (χ3n) is 3.62. The molecule has 0 fully saturated rings. The first kappa shape index (κ1) is 19.8. The molecule has 0 saturated heterocycles. The van der Waals surface area contributed by atoms with E-state index in [4.69, 9.17) is 9.26 Å². The summed E-state index contributed by atoms with van der Waals surface area (Å²) in [4.78, 5) is 8.89. The van der Waals surface area contributed by atoms with Gasteiger partial charge in [-0.15, -0.1) is 0 Å². The number of aryl methyl sites for hydroxylation is 1. The van der Waals surface area contributed by atoms with Gasteiger partial charge in [0.05, 0.1) is 13.1 Å². The van der Waals surface area contributed by atoms with Gasteiger partial charge in [-0.2, -0.15) is 4.98 Å². The predicted octanol–water partition coefficient (Wildman–Crippen LogP) is 2.68. The Morgan fingerprint density at radius 3 is 2.65 bits per heavy atom. The Balaban J connectivity index is 1.73. The van der Waals surface area contributed by atoms with Crippen LogP contribution in [0.15, 0.2) is 33.8 Å². The van der Waals surface area contributed by atoms with Gasteiger partial charge in [0.25, 0.3) is 0 Å². The van der Waals surface area contributed by atoms with E-state index in [0.717, 1.165) is 24.1 Å². The number of rotatable bonds is 9. The fraction of sp³-hybridized carbons (Fsp3) is 0.526. The van der Waals surface area contributed by atoms with Crippen LogP contribution in [0.4, 0.5) is 0 Å². The number of hydrogen-bond donors (Lipinski definition) is 2. The van der Waals surface area contributed by atoms with Crippen molar-refractivity contribution in [2.45, 2.75) is 40.0 Å². The fourth-order valence-corrected chi connectivity index (χ4v) is 2.18. The largest absolute Gasteiger partial charge is 0.492 e. The molecule has 0 aliphatic carbocycles. The lowest BCUT2D eigenvalue weighted by molar-refractivity contribution is 0.322. The summed E-state index contributed by atoms with van der Waals surface area (Å²) in [5.41, 5.74) is 1.22. The third kappa shape index (κ3) is 6.74. The minimum absolute atomic E-state index is 0.267. The summed E-state index contributed by atoms with van der Waals surface area (Å²) in [7, 11) is 0. The second-order valence-corrected chi connectivity index (χ2v) is 6.30. The van der Waals surface area contributed by atoms with Crippen molar-refractivity contribution in [3.63, 3.8) is 0 Å². The molecule has 0 radical (unpaired) electrons. The minimum Gasteiger partial charge on any atom is -0.492 e. The molecule has 0 aliphatic heterocycles. The zero-order valence-corrected chi connectivity index (χ0v) is 16.1. The zero-order valence-electron chi connectivity index (χ0n) is 16.1. The average Bonchev–Trinajstić information content (AvgIpc) is 3.09. The maximum atomic E-state index is 5.71. The van der Waals surface area contributed by atoms with Crippen molar-refractivity contribution in [1.82, 2.24) is 20.8 Å². The molecule has 0 aliphatic rings. The number of ether oxygens (including phenoxy) is 1. The van der Waals surface area contributed by atoms with Gasteiger partial charge in [-0.25, -0.2) is 0 Å². The van der Waals surface area contributed by atoms with Crippen molar-refractivity contribution in [3.05, 3.63) is 41.5 Å². The Morgan fingerprint density at radius 2 is 2.00 bits per heavy atom. The van der Waals surface area contributed by atoms with Crippen molar-refractivity contribution in [3.8, 4) is 5.75 Å². The molecule has 0 amide bonds. The first-order valence-corrected chi connectivity index (χ1v) is 9.12. The highest BCUT2D eigenvalue weighted by molar-refractivity contribution is 5.79. The second kappa shape index (κ2) is 10.4. The smallest absolute Gasteiger partial charge is 0.228 e. The van der Waals surface area contributed by atoms with Crippen LogP contribution >= 0.6 is 0 Å². The van der Waals surface area contributed by atoms with Gasteiger partial charge in [-0.1, -0.05) is 36.7 Å². The van der Waals surface area contributed by atoms with E-state index in [-0.39, 0.29) is 5.92 Å². The molecule has 2 N–H and O–H groups in total. The van der Waals surface area contributed by atoms with Crippen LogP contribution in [-0.4, -0.2) is 42.3 Å². The van der Waals surface area contributed by atoms with Gasteiger partial charge in [0.15, 0.2) is 11.8 Å². The van der Waals surface area contributed by atoms with E-state index in [2.05, 4.69) is 32.7 Å². The van der Waals surface area contributed by atoms with Crippen LogP contribution in [0.2, 0.25) is 0 Å². The third-order valence-corrected chi connectivity index (χ3v) is 3.62. The number of benzene rings is 1. The summed E-state index contributed by atoms with van der Waals surface area (Å²) < 4.78 is 10.9. The topological polar surface area (TPSA) is 84.6 Å². The van der Waals surface area contributed by atoms with Crippen LogP contribution < -0.4 is 15.4 Å². The minimum atomic E-state index is 0.267. The van der Waals surface area contributed by atoms with E-state index < -0.39 is 0 Å². The quantitative estimate of drug-likeness (QED) is 0.407. The standard InChI is InChI=1S/C19H29N5O2/c1-5-20-19(21-11-10-17-23-18(14(2)3)24-26-17)22-12-13-25-16-8-6-15(4)7-9-16/h6-9,14H,5,10-13H2,1-4H3,(H2,20,21,22). The Morgan fingerprint density at radius 1 is 1.23 bits per heavy atom. The normalized spacial score (nSPS) is 11.7. The van der Waals surface area contributed by atoms with Crippen LogP contribution in [0.5, 0.6) is 5.75 Å². The number of nitrogens with one attached hydrogen (secondary N) is 2. The van der Waals surface area contributed by atoms with Crippen LogP contribution in [-0.2, 0) is 6.42 Å². The van der Waals surface area contributed by atoms with Crippen molar-refractivity contribution in [2.24, 2.45) is 4.99 Å². The Kier molecular flexibility index (Phi) is 7.92. The molecule has 0 saturated carbocycles. The highest BCUT2D eigenvalue weighted by atomic mass is 16.5. The summed E-state index contributed by atoms with van der Waals surface area (Å²) in [6.45, 7) is 10.8. The molecule has 142 valence electrons. The van der Waals surface area contributed by atoms with Crippen molar-refractivity contribution in [2.75, 3.05) is 26.2 Å². The first-order chi connectivity index (χ1) is 12.6. The Hall–Kier alpha value is -2.57. The maximum Gasteiger partial charge on any atom is 0.228 e. The molecule has 2 aromatic rings. The summed E-state index contributed by atoms with van der Waals surface area (Å²) in [5, 5.41) is 10.4. The molecule has 2 rings (SSSR count). The van der Waals surface area contributed by atoms with E-state index >= 15 is 0 Å². The molecular weight excluding hydrogens is 330 g/mol. The molecule has 0 unspecified atom stereocenters. The summed E-state index contributed by atoms with van der Waals surface area (Å²) in [5.74, 6) is 3.25. The van der Waals surface area contributed by atoms with Gasteiger partial charge in [0, 0.05) is 18.9 Å². The lowest BCUT2D eigenvalue weighted by Crippen LogP contribution is -2.39. The van der Waals surface area contributed by atoms with E-state index in [0.29, 0.717) is 32.0 Å². The van der Waals surface area contributed by atoms with Gasteiger partial charge >= 0.3 is 0 Å². The number of hydrogen-bond acceptors (Lipinski definition) is 5. The molecule has 7 heteroatoms. The molecule has 26 heavy (non-hydrogen) atoms. The van der Waals surface area contributed by atoms with Crippen LogP contribution in [0, 0.1) is 6.92 Å². The van der Waals surface area contributed by atoms with Crippen molar-refractivity contribution >= 4 is 5.96 Å². The average molecular weight is 359 g/mol. The number of aliphatic imine (C=N–C) groups is 1. The molecule has 0 bridgehead atoms. The maximum absolute atomic E-state index is 5.71. The fourth-order valence-electron chi connectivity index (χ4n) is 2.18. The van der Waals surface area contributed by atoms with Gasteiger partial charge in [-0.05, 0) is 26.0 Å². The van der Waals surface area contributed by atoms with Crippen LogP contribution in [0.1, 0.15) is 44.0 Å². The van der Waals surface area contributed by atoms with Gasteiger partial charge < -0.3 is 19.9 Å². The lowest BCUT2D eigenvalue weighted by Gasteiger charge is -2.12. The van der Waals surface area contributed by atoms with Gasteiger partial charge in [0.2, 0.25) is 5.89 Å². The van der Waals surface area contributed by atoms with E-state index in [1.54, 1.807) is 0 Å². The van der Waals surface area contributed by atoms with Crippen molar-refractivity contribution in [1.29, 1.82) is 0 Å². The molecule has 0 spiro atoms. The molecule has 1 aromatic carbocycles. The second-order valence-electron chi connectivity index (χ2n) is 6.30. The molecule has 0 atom stereocenters. The highest BCUT2D eigenvalue weighted by Crippen LogP contribution is 2.11. The Labute approximate surface area is 155 Å². The van der Waals surface area contributed by atoms with Crippen molar-refractivity contribution < 1.29 is 9.26 Å². The first-order valence-electron chi connectivity index (χ1n) is 9.12. The monoisotopic (exact) mass is 359 g/mol. The zero-order chi connectivity index (χ0) is 18.8. The van der Waals surface area contributed by atoms with E-state index in [9.17, 15) is 0 Å². The number of aromatic nitrogens is 2. The Bertz CT molecular complexity index is 679. The molecule has 1 aromatic heterocycles. The summed E-state index contributed by atoms with van der Waals surface area (Å²) >= 11 is 0. The lowest BCUT2D eigenvalue weighted by atomic mass is 10.2. The SMILES string of the molecule is CCNC(=NCCc1nc(C(C)C)no1)NCCOc1ccc(C)cc1. The number of guanidine groups is 1. The van der Waals surface area contributed by atoms with E-state index in [1.165, 1.54) is 5.56 Å². The number of nitrogens with zero attached hydrogens (tertiary/aromatic N) is 3. The van der Waals surface area contributed by atoms with Crippen LogP contribution in [0.25, 0.3) is 0 Å². The molecule has 1 heterocycles. The van der Waals surface area contributed by atoms with E-state index in [1.807, 2.05) is 45.0 Å². The highest BCUT2D eigenvalue weighted by Gasteiger charge is 2.09.